The van der Waals surface area contributed by atoms with Crippen molar-refractivity contribution in [1.29, 1.82) is 0 Å². The van der Waals surface area contributed by atoms with Crippen LogP contribution < -0.4 is 5.32 Å². The zero-order valence-electron chi connectivity index (χ0n) is 27.5. The van der Waals surface area contributed by atoms with E-state index < -0.39 is 0 Å². The number of H-pyrrole nitrogens is 2. The second-order valence-corrected chi connectivity index (χ2v) is 12.6. The Balaban J connectivity index is 1.44. The molecule has 0 spiro atoms. The summed E-state index contributed by atoms with van der Waals surface area (Å²) in [5.74, 6) is 0. The fourth-order valence-corrected chi connectivity index (χ4v) is 6.84. The van der Waals surface area contributed by atoms with Crippen LogP contribution in [0.1, 0.15) is 28.3 Å². The van der Waals surface area contributed by atoms with Gasteiger partial charge in [-0.05, 0) is 84.3 Å². The Morgan fingerprint density at radius 1 is 0.400 bits per heavy atom. The first-order valence-electron chi connectivity index (χ1n) is 16.8. The molecule has 2 aliphatic heterocycles. The molecule has 0 fully saturated rings. The summed E-state index contributed by atoms with van der Waals surface area (Å²) in [6, 6.07) is 48.5. The predicted octanol–water partition coefficient (Wildman–Crippen LogP) is 11.7. The van der Waals surface area contributed by atoms with Gasteiger partial charge in [-0.2, -0.15) is 0 Å². The number of aryl methyl sites for hydroxylation is 1. The van der Waals surface area contributed by atoms with Crippen LogP contribution in [0, 0.1) is 6.92 Å². The standard InChI is InChI=1S/C45H33N5/c1-29-17-19-33(20-18-29)46-45-40-27-25-38(49-40)43(31-13-7-3-8-14-31)36-23-21-34(47-36)42(30-11-5-2-6-12-30)35-22-24-37(48-35)44(32-15-9-4-10-16-32)39-26-28-41(45)50-39/h2-28,46-47,50H,1H3. The zero-order chi connectivity index (χ0) is 33.4. The van der Waals surface area contributed by atoms with Gasteiger partial charge in [-0.1, -0.05) is 109 Å². The van der Waals surface area contributed by atoms with Crippen LogP contribution in [0.25, 0.3) is 79.8 Å². The summed E-state index contributed by atoms with van der Waals surface area (Å²) in [5, 5.41) is 3.71. The molecule has 0 aliphatic carbocycles. The van der Waals surface area contributed by atoms with Crippen molar-refractivity contribution in [2.75, 3.05) is 5.32 Å². The fraction of sp³-hybridized carbons (Fsp3) is 0.0222. The van der Waals surface area contributed by atoms with Gasteiger partial charge in [0.1, 0.15) is 0 Å². The van der Waals surface area contributed by atoms with Crippen molar-refractivity contribution >= 4 is 57.7 Å². The van der Waals surface area contributed by atoms with E-state index in [1.807, 2.05) is 18.2 Å². The van der Waals surface area contributed by atoms with Crippen molar-refractivity contribution < 1.29 is 0 Å². The molecule has 5 heterocycles. The first kappa shape index (κ1) is 29.4. The van der Waals surface area contributed by atoms with Crippen molar-refractivity contribution in [3.8, 4) is 33.4 Å². The topological polar surface area (TPSA) is 69.4 Å². The SMILES string of the molecule is Cc1ccc(Nc2c3nc(c(-c4ccccc4)c4ccc([nH]4)c(-c4ccccc4)c4nc(c(-c5ccccc5)c5ccc2[nH]5)C=C4)C=C3)cc1. The minimum Gasteiger partial charge on any atom is -0.354 e. The van der Waals surface area contributed by atoms with Crippen LogP contribution in [-0.4, -0.2) is 19.9 Å². The zero-order valence-corrected chi connectivity index (χ0v) is 27.5. The van der Waals surface area contributed by atoms with Crippen molar-refractivity contribution in [2.24, 2.45) is 0 Å². The van der Waals surface area contributed by atoms with Gasteiger partial charge in [0, 0.05) is 38.9 Å². The molecule has 3 N–H and O–H groups in total. The van der Waals surface area contributed by atoms with Crippen molar-refractivity contribution in [1.82, 2.24) is 19.9 Å². The number of fused-ring (bicyclic) bond motifs is 8. The predicted molar refractivity (Wildman–Crippen MR) is 210 cm³/mol. The molecule has 0 unspecified atom stereocenters. The van der Waals surface area contributed by atoms with Gasteiger partial charge < -0.3 is 15.3 Å². The second-order valence-electron chi connectivity index (χ2n) is 12.6. The van der Waals surface area contributed by atoms with E-state index in [0.29, 0.717) is 0 Å². The number of nitrogens with zero attached hydrogens (tertiary/aromatic N) is 2. The van der Waals surface area contributed by atoms with Crippen LogP contribution in [0.3, 0.4) is 0 Å². The highest BCUT2D eigenvalue weighted by atomic mass is 14.9. The summed E-state index contributed by atoms with van der Waals surface area (Å²) in [7, 11) is 0. The van der Waals surface area contributed by atoms with Crippen molar-refractivity contribution in [2.45, 2.75) is 6.92 Å². The summed E-state index contributed by atoms with van der Waals surface area (Å²) in [6.45, 7) is 2.10. The van der Waals surface area contributed by atoms with Gasteiger partial charge >= 0.3 is 0 Å². The molecular formula is C45H33N5. The van der Waals surface area contributed by atoms with E-state index >= 15 is 0 Å². The monoisotopic (exact) mass is 643 g/mol. The number of hydrogen-bond donors (Lipinski definition) is 3. The van der Waals surface area contributed by atoms with Crippen LogP contribution in [0.15, 0.2) is 140 Å². The Morgan fingerprint density at radius 2 is 0.780 bits per heavy atom. The third kappa shape index (κ3) is 5.41. The third-order valence-corrected chi connectivity index (χ3v) is 9.26. The van der Waals surface area contributed by atoms with Crippen LogP contribution in [0.2, 0.25) is 0 Å². The van der Waals surface area contributed by atoms with Gasteiger partial charge in [-0.3, -0.25) is 0 Å². The van der Waals surface area contributed by atoms with E-state index in [1.54, 1.807) is 0 Å². The number of aromatic amines is 2. The van der Waals surface area contributed by atoms with Gasteiger partial charge in [0.05, 0.1) is 34.0 Å². The van der Waals surface area contributed by atoms with Crippen LogP contribution >= 0.6 is 0 Å². The molecule has 2 aliphatic rings. The van der Waals surface area contributed by atoms with E-state index in [-0.39, 0.29) is 0 Å². The molecule has 0 radical (unpaired) electrons. The van der Waals surface area contributed by atoms with Gasteiger partial charge in [0.15, 0.2) is 0 Å². The van der Waals surface area contributed by atoms with E-state index in [0.717, 1.165) is 89.6 Å². The summed E-state index contributed by atoms with van der Waals surface area (Å²) in [6.07, 6.45) is 8.48. The summed E-state index contributed by atoms with van der Waals surface area (Å²) in [5.41, 5.74) is 16.8. The Morgan fingerprint density at radius 3 is 1.24 bits per heavy atom. The molecule has 7 aromatic rings. The number of benzene rings is 4. The maximum absolute atomic E-state index is 5.35. The first-order chi connectivity index (χ1) is 24.7. The maximum Gasteiger partial charge on any atom is 0.0894 e. The van der Waals surface area contributed by atoms with Crippen LogP contribution in [0.4, 0.5) is 11.4 Å². The van der Waals surface area contributed by atoms with E-state index in [4.69, 9.17) is 9.97 Å². The Kier molecular flexibility index (Phi) is 7.29. The number of anilines is 2. The summed E-state index contributed by atoms with van der Waals surface area (Å²) in [4.78, 5) is 18.2. The molecule has 4 aromatic carbocycles. The lowest BCUT2D eigenvalue weighted by molar-refractivity contribution is 1.31. The van der Waals surface area contributed by atoms with Gasteiger partial charge in [-0.15, -0.1) is 0 Å². The molecule has 50 heavy (non-hydrogen) atoms. The number of nitrogens with one attached hydrogen (secondary N) is 3. The molecular weight excluding hydrogens is 611 g/mol. The Bertz CT molecular complexity index is 2560. The van der Waals surface area contributed by atoms with Gasteiger partial charge in [0.25, 0.3) is 0 Å². The molecule has 8 bridgehead atoms. The Hall–Kier alpha value is -6.72. The second kappa shape index (κ2) is 12.4. The van der Waals surface area contributed by atoms with Crippen LogP contribution in [0.5, 0.6) is 0 Å². The minimum atomic E-state index is 0.841. The van der Waals surface area contributed by atoms with Crippen molar-refractivity contribution in [3.63, 3.8) is 0 Å². The average molecular weight is 644 g/mol. The van der Waals surface area contributed by atoms with Crippen molar-refractivity contribution in [3.05, 3.63) is 168 Å². The lowest BCUT2D eigenvalue weighted by atomic mass is 10.0. The molecule has 0 saturated carbocycles. The van der Waals surface area contributed by atoms with E-state index in [9.17, 15) is 0 Å². The molecule has 5 nitrogen and oxygen atoms in total. The highest BCUT2D eigenvalue weighted by Crippen LogP contribution is 2.37. The van der Waals surface area contributed by atoms with Crippen LogP contribution in [-0.2, 0) is 0 Å². The normalized spacial score (nSPS) is 11.9. The fourth-order valence-electron chi connectivity index (χ4n) is 6.84. The molecule has 0 saturated heterocycles. The molecule has 0 atom stereocenters. The maximum atomic E-state index is 5.35. The number of aromatic nitrogens is 4. The minimum absolute atomic E-state index is 0.841. The molecule has 3 aromatic heterocycles. The van der Waals surface area contributed by atoms with E-state index in [2.05, 4.69) is 168 Å². The molecule has 0 amide bonds. The quantitative estimate of drug-likeness (QED) is 0.175. The summed E-state index contributed by atoms with van der Waals surface area (Å²) < 4.78 is 0. The highest BCUT2D eigenvalue weighted by molar-refractivity contribution is 5.99. The molecule has 9 rings (SSSR count). The average Bonchev–Trinajstić information content (AvgIpc) is 4.00. The molecule has 5 heteroatoms. The lowest BCUT2D eigenvalue weighted by Gasteiger charge is -2.09. The number of rotatable bonds is 5. The van der Waals surface area contributed by atoms with Gasteiger partial charge in [-0.25, -0.2) is 9.97 Å². The largest absolute Gasteiger partial charge is 0.354 e. The first-order valence-corrected chi connectivity index (χ1v) is 16.8. The third-order valence-electron chi connectivity index (χ3n) is 9.26. The van der Waals surface area contributed by atoms with E-state index in [1.165, 1.54) is 5.56 Å². The molecule has 238 valence electrons. The smallest absolute Gasteiger partial charge is 0.0894 e. The van der Waals surface area contributed by atoms with Gasteiger partial charge in [0.2, 0.25) is 0 Å². The summed E-state index contributed by atoms with van der Waals surface area (Å²) >= 11 is 0. The highest BCUT2D eigenvalue weighted by Gasteiger charge is 2.18. The Labute approximate surface area is 290 Å². The lowest BCUT2D eigenvalue weighted by Crippen LogP contribution is -1.94. The number of hydrogen-bond acceptors (Lipinski definition) is 3.